The molecule has 1 aliphatic heterocycles. The van der Waals surface area contributed by atoms with E-state index in [2.05, 4.69) is 10.1 Å². The van der Waals surface area contributed by atoms with Crippen LogP contribution in [0.25, 0.3) is 16.2 Å². The summed E-state index contributed by atoms with van der Waals surface area (Å²) in [6.45, 7) is 1.19. The van der Waals surface area contributed by atoms with Crippen LogP contribution in [-0.2, 0) is 0 Å². The monoisotopic (exact) mass is 363 g/mol. The molecule has 25 heavy (non-hydrogen) atoms. The summed E-state index contributed by atoms with van der Waals surface area (Å²) in [4.78, 5) is 7.13. The van der Waals surface area contributed by atoms with Gasteiger partial charge in [-0.25, -0.2) is 13.9 Å². The van der Waals surface area contributed by atoms with Crippen LogP contribution >= 0.6 is 11.3 Å². The third-order valence-corrected chi connectivity index (χ3v) is 5.40. The van der Waals surface area contributed by atoms with Gasteiger partial charge in [-0.15, -0.1) is 5.10 Å². The Labute approximate surface area is 147 Å². The highest BCUT2D eigenvalue weighted by Gasteiger charge is 2.27. The van der Waals surface area contributed by atoms with Crippen molar-refractivity contribution in [1.82, 2.24) is 14.6 Å². The Balaban J connectivity index is 1.72. The van der Waals surface area contributed by atoms with Crippen LogP contribution in [-0.4, -0.2) is 52.0 Å². The maximum absolute atomic E-state index is 13.4. The highest BCUT2D eigenvalue weighted by molar-refractivity contribution is 7.20. The minimum absolute atomic E-state index is 0.195. The van der Waals surface area contributed by atoms with Gasteiger partial charge in [-0.2, -0.15) is 0 Å². The van der Waals surface area contributed by atoms with Gasteiger partial charge in [0, 0.05) is 30.8 Å². The number of halogens is 1. The second kappa shape index (κ2) is 6.25. The zero-order chi connectivity index (χ0) is 17.6. The summed E-state index contributed by atoms with van der Waals surface area (Å²) < 4.78 is 20.5. The normalized spacial score (nSPS) is 21.0. The quantitative estimate of drug-likeness (QED) is 0.733. The van der Waals surface area contributed by atoms with Crippen molar-refractivity contribution in [2.45, 2.75) is 18.6 Å². The van der Waals surface area contributed by atoms with Crippen LogP contribution in [0, 0.1) is 5.82 Å². The van der Waals surface area contributed by atoms with E-state index in [0.29, 0.717) is 24.3 Å². The molecule has 0 amide bonds. The molecule has 1 aromatic carbocycles. The van der Waals surface area contributed by atoms with Crippen molar-refractivity contribution in [2.75, 3.05) is 25.1 Å². The SMILES string of the molecule is COc1cc(F)ccc1-c1cnc2sc(N3CC[C@H](N)[C@@H](O)C3)nn12. The summed E-state index contributed by atoms with van der Waals surface area (Å²) in [5.74, 6) is 0.0645. The summed E-state index contributed by atoms with van der Waals surface area (Å²) in [6.07, 6.45) is 1.84. The first-order chi connectivity index (χ1) is 12.1. The van der Waals surface area contributed by atoms with Crippen molar-refractivity contribution in [3.8, 4) is 17.0 Å². The number of hydrogen-bond donors (Lipinski definition) is 2. The molecule has 3 heterocycles. The van der Waals surface area contributed by atoms with Gasteiger partial charge >= 0.3 is 0 Å². The molecule has 7 nitrogen and oxygen atoms in total. The molecule has 0 unspecified atom stereocenters. The van der Waals surface area contributed by atoms with Crippen molar-refractivity contribution in [3.05, 3.63) is 30.2 Å². The van der Waals surface area contributed by atoms with Crippen molar-refractivity contribution < 1.29 is 14.2 Å². The second-order valence-corrected chi connectivity index (χ2v) is 6.97. The largest absolute Gasteiger partial charge is 0.496 e. The topological polar surface area (TPSA) is 88.9 Å². The number of β-amino-alcohol motifs (C(OH)–C–C–N with tert-alkyl or cyclic N) is 1. The molecule has 1 fully saturated rings. The number of fused-ring (bicyclic) bond motifs is 1. The lowest BCUT2D eigenvalue weighted by atomic mass is 10.0. The number of aliphatic hydroxyl groups is 1. The number of imidazole rings is 1. The molecule has 1 saturated heterocycles. The Kier molecular flexibility index (Phi) is 4.06. The number of anilines is 1. The van der Waals surface area contributed by atoms with E-state index < -0.39 is 6.10 Å². The van der Waals surface area contributed by atoms with Crippen LogP contribution in [0.3, 0.4) is 0 Å². The first-order valence-corrected chi connectivity index (χ1v) is 8.75. The molecule has 0 saturated carbocycles. The Bertz CT molecular complexity index is 911. The highest BCUT2D eigenvalue weighted by atomic mass is 32.1. The van der Waals surface area contributed by atoms with Gasteiger partial charge in [0.05, 0.1) is 25.1 Å². The average Bonchev–Trinajstić information content (AvgIpc) is 3.18. The first kappa shape index (κ1) is 16.2. The molecule has 0 aliphatic carbocycles. The van der Waals surface area contributed by atoms with Gasteiger partial charge in [0.1, 0.15) is 11.6 Å². The Hall–Kier alpha value is -2.23. The average molecular weight is 363 g/mol. The molecule has 2 atom stereocenters. The summed E-state index contributed by atoms with van der Waals surface area (Å²) in [5, 5.41) is 15.4. The number of piperidine rings is 1. The maximum Gasteiger partial charge on any atom is 0.214 e. The number of aromatic nitrogens is 3. The molecule has 132 valence electrons. The van der Waals surface area contributed by atoms with Gasteiger partial charge < -0.3 is 20.5 Å². The van der Waals surface area contributed by atoms with Crippen molar-refractivity contribution in [3.63, 3.8) is 0 Å². The lowest BCUT2D eigenvalue weighted by molar-refractivity contribution is 0.132. The number of nitrogens with zero attached hydrogens (tertiary/aromatic N) is 4. The number of nitrogens with two attached hydrogens (primary N) is 1. The molecule has 3 aromatic rings. The second-order valence-electron chi connectivity index (χ2n) is 6.03. The molecule has 1 aliphatic rings. The fraction of sp³-hybridized carbons (Fsp3) is 0.375. The first-order valence-electron chi connectivity index (χ1n) is 7.94. The van der Waals surface area contributed by atoms with E-state index in [0.717, 1.165) is 22.3 Å². The summed E-state index contributed by atoms with van der Waals surface area (Å²) >= 11 is 1.44. The summed E-state index contributed by atoms with van der Waals surface area (Å²) in [6, 6.07) is 4.18. The van der Waals surface area contributed by atoms with E-state index in [1.165, 1.54) is 30.6 Å². The molecule has 0 bridgehead atoms. The minimum atomic E-state index is -0.568. The molecular weight excluding hydrogens is 345 g/mol. The molecule has 9 heteroatoms. The number of hydrogen-bond acceptors (Lipinski definition) is 7. The zero-order valence-corrected chi connectivity index (χ0v) is 14.4. The van der Waals surface area contributed by atoms with E-state index in [-0.39, 0.29) is 11.9 Å². The lowest BCUT2D eigenvalue weighted by Gasteiger charge is -2.33. The standard InChI is InChI=1S/C16H18FN5O2S/c1-24-14-6-9(17)2-3-10(14)12-7-19-15-22(12)20-16(25-15)21-5-4-11(18)13(23)8-21/h2-3,6-7,11,13,23H,4-5,8,18H2,1H3/t11-,13-/m0/s1. The number of ether oxygens (including phenoxy) is 1. The van der Waals surface area contributed by atoms with E-state index in [9.17, 15) is 9.50 Å². The van der Waals surface area contributed by atoms with Gasteiger partial charge in [-0.1, -0.05) is 11.3 Å². The predicted octanol–water partition coefficient (Wildman–Crippen LogP) is 1.50. The van der Waals surface area contributed by atoms with Gasteiger partial charge in [0.25, 0.3) is 0 Å². The van der Waals surface area contributed by atoms with Crippen LogP contribution in [0.1, 0.15) is 6.42 Å². The van der Waals surface area contributed by atoms with E-state index in [4.69, 9.17) is 10.5 Å². The lowest BCUT2D eigenvalue weighted by Crippen LogP contribution is -2.50. The fourth-order valence-corrected chi connectivity index (χ4v) is 3.91. The molecule has 2 aromatic heterocycles. The van der Waals surface area contributed by atoms with Crippen LogP contribution in [0.5, 0.6) is 5.75 Å². The number of rotatable bonds is 3. The van der Waals surface area contributed by atoms with Crippen LogP contribution in [0.15, 0.2) is 24.4 Å². The van der Waals surface area contributed by atoms with Crippen molar-refractivity contribution >= 4 is 21.4 Å². The molecule has 0 radical (unpaired) electrons. The third-order valence-electron chi connectivity index (χ3n) is 4.42. The van der Waals surface area contributed by atoms with E-state index >= 15 is 0 Å². The number of methoxy groups -OCH3 is 1. The number of benzene rings is 1. The molecule has 4 rings (SSSR count). The van der Waals surface area contributed by atoms with Crippen LogP contribution in [0.4, 0.5) is 9.52 Å². The van der Waals surface area contributed by atoms with Gasteiger partial charge in [0.2, 0.25) is 10.1 Å². The Morgan fingerprint density at radius 3 is 3.04 bits per heavy atom. The van der Waals surface area contributed by atoms with Gasteiger partial charge in [-0.3, -0.25) is 0 Å². The Morgan fingerprint density at radius 2 is 2.28 bits per heavy atom. The highest BCUT2D eigenvalue weighted by Crippen LogP contribution is 2.34. The van der Waals surface area contributed by atoms with Crippen molar-refractivity contribution in [2.24, 2.45) is 5.73 Å². The fourth-order valence-electron chi connectivity index (χ4n) is 2.99. The summed E-state index contributed by atoms with van der Waals surface area (Å²) in [5.41, 5.74) is 7.30. The molecular formula is C16H18FN5O2S. The van der Waals surface area contributed by atoms with Crippen LogP contribution < -0.4 is 15.4 Å². The van der Waals surface area contributed by atoms with Crippen molar-refractivity contribution in [1.29, 1.82) is 0 Å². The van der Waals surface area contributed by atoms with Gasteiger partial charge in [-0.05, 0) is 18.6 Å². The molecule has 0 spiro atoms. The minimum Gasteiger partial charge on any atom is -0.496 e. The third kappa shape index (κ3) is 2.84. The van der Waals surface area contributed by atoms with E-state index in [1.807, 2.05) is 4.90 Å². The van der Waals surface area contributed by atoms with Crippen LogP contribution in [0.2, 0.25) is 0 Å². The predicted molar refractivity (Wildman–Crippen MR) is 93.6 cm³/mol. The number of aliphatic hydroxyl groups excluding tert-OH is 1. The Morgan fingerprint density at radius 1 is 1.44 bits per heavy atom. The smallest absolute Gasteiger partial charge is 0.214 e. The maximum atomic E-state index is 13.4. The zero-order valence-electron chi connectivity index (χ0n) is 13.6. The van der Waals surface area contributed by atoms with Gasteiger partial charge in [0.15, 0.2) is 0 Å². The van der Waals surface area contributed by atoms with E-state index in [1.54, 1.807) is 16.8 Å². The summed E-state index contributed by atoms with van der Waals surface area (Å²) in [7, 11) is 1.50. The molecule has 3 N–H and O–H groups in total.